The normalized spacial score (nSPS) is 14.8. The van der Waals surface area contributed by atoms with Gasteiger partial charge in [0, 0.05) is 25.3 Å². The Balaban J connectivity index is 1.52. The Morgan fingerprint density at radius 2 is 2.19 bits per heavy atom. The van der Waals surface area contributed by atoms with E-state index in [9.17, 15) is 0 Å². The molecule has 2 aromatic heterocycles. The van der Waals surface area contributed by atoms with Crippen LogP contribution in [0.5, 0.6) is 0 Å². The van der Waals surface area contributed by atoms with E-state index in [1.165, 1.54) is 18.4 Å². The highest BCUT2D eigenvalue weighted by atomic mass is 16.3. The first-order chi connectivity index (χ1) is 10.3. The van der Waals surface area contributed by atoms with Crippen molar-refractivity contribution in [2.24, 2.45) is 0 Å². The number of furan rings is 1. The van der Waals surface area contributed by atoms with Crippen LogP contribution in [0.4, 0.5) is 0 Å². The molecule has 2 heterocycles. The molecule has 0 spiro atoms. The van der Waals surface area contributed by atoms with Crippen LogP contribution in [-0.4, -0.2) is 22.5 Å². The average Bonchev–Trinajstić information content (AvgIpc) is 3.21. The molecule has 0 amide bonds. The van der Waals surface area contributed by atoms with Gasteiger partial charge in [0.15, 0.2) is 0 Å². The lowest BCUT2D eigenvalue weighted by Crippen LogP contribution is -2.22. The van der Waals surface area contributed by atoms with Crippen molar-refractivity contribution in [1.82, 2.24) is 15.2 Å². The summed E-state index contributed by atoms with van der Waals surface area (Å²) in [4.78, 5) is 6.90. The molecule has 0 saturated heterocycles. The number of hydrogen-bond acceptors (Lipinski definition) is 4. The number of pyridine rings is 1. The molecule has 21 heavy (non-hydrogen) atoms. The number of hydrogen-bond donors (Lipinski definition) is 1. The molecule has 112 valence electrons. The highest BCUT2D eigenvalue weighted by Crippen LogP contribution is 2.19. The summed E-state index contributed by atoms with van der Waals surface area (Å²) in [6, 6.07) is 9.01. The van der Waals surface area contributed by atoms with Crippen LogP contribution in [0, 0.1) is 0 Å². The highest BCUT2D eigenvalue weighted by molar-refractivity contribution is 5.14. The quantitative estimate of drug-likeness (QED) is 0.809. The molecule has 1 saturated carbocycles. The van der Waals surface area contributed by atoms with Gasteiger partial charge in [-0.25, -0.2) is 0 Å². The summed E-state index contributed by atoms with van der Waals surface area (Å²) in [5.74, 6) is 1.00. The van der Waals surface area contributed by atoms with Crippen LogP contribution >= 0.6 is 0 Å². The molecule has 0 atom stereocenters. The highest BCUT2D eigenvalue weighted by Gasteiger charge is 2.19. The zero-order chi connectivity index (χ0) is 14.5. The molecule has 0 aliphatic heterocycles. The van der Waals surface area contributed by atoms with Gasteiger partial charge in [-0.2, -0.15) is 0 Å². The van der Waals surface area contributed by atoms with Crippen LogP contribution in [0.1, 0.15) is 36.8 Å². The molecule has 0 bridgehead atoms. The molecular weight excluding hydrogens is 262 g/mol. The predicted octanol–water partition coefficient (Wildman–Crippen LogP) is 2.95. The molecule has 1 aliphatic carbocycles. The Morgan fingerprint density at radius 3 is 2.81 bits per heavy atom. The first kappa shape index (κ1) is 14.3. The minimum absolute atomic E-state index is 0.744. The van der Waals surface area contributed by atoms with E-state index in [4.69, 9.17) is 4.42 Å². The minimum Gasteiger partial charge on any atom is -0.468 e. The molecule has 1 N–H and O–H groups in total. The van der Waals surface area contributed by atoms with Crippen LogP contribution in [0.2, 0.25) is 0 Å². The van der Waals surface area contributed by atoms with Crippen molar-refractivity contribution in [3.63, 3.8) is 0 Å². The van der Waals surface area contributed by atoms with Crippen molar-refractivity contribution in [2.45, 2.75) is 45.4 Å². The van der Waals surface area contributed by atoms with Gasteiger partial charge in [0.05, 0.1) is 18.5 Å². The molecule has 4 nitrogen and oxygen atoms in total. The molecular formula is C17H23N3O. The van der Waals surface area contributed by atoms with E-state index in [-0.39, 0.29) is 0 Å². The van der Waals surface area contributed by atoms with Crippen molar-refractivity contribution in [3.05, 3.63) is 53.7 Å². The molecule has 0 unspecified atom stereocenters. The lowest BCUT2D eigenvalue weighted by Gasteiger charge is -2.18. The SMILES string of the molecule is CCN(Cc1ccc(CNC2CC2)cn1)Cc1ccco1. The molecule has 2 aromatic rings. The van der Waals surface area contributed by atoms with E-state index in [1.54, 1.807) is 6.26 Å². The largest absolute Gasteiger partial charge is 0.468 e. The second-order valence-electron chi connectivity index (χ2n) is 5.70. The van der Waals surface area contributed by atoms with Crippen molar-refractivity contribution in [2.75, 3.05) is 6.54 Å². The summed E-state index contributed by atoms with van der Waals surface area (Å²) >= 11 is 0. The van der Waals surface area contributed by atoms with Gasteiger partial charge in [-0.05, 0) is 43.1 Å². The first-order valence-electron chi connectivity index (χ1n) is 7.75. The number of nitrogens with zero attached hydrogens (tertiary/aromatic N) is 2. The third-order valence-corrected chi connectivity index (χ3v) is 3.85. The van der Waals surface area contributed by atoms with Gasteiger partial charge >= 0.3 is 0 Å². The zero-order valence-corrected chi connectivity index (χ0v) is 12.6. The van der Waals surface area contributed by atoms with Gasteiger partial charge < -0.3 is 9.73 Å². The Labute approximate surface area is 126 Å². The van der Waals surface area contributed by atoms with Gasteiger partial charge in [0.25, 0.3) is 0 Å². The Morgan fingerprint density at radius 1 is 1.29 bits per heavy atom. The van der Waals surface area contributed by atoms with Crippen molar-refractivity contribution >= 4 is 0 Å². The van der Waals surface area contributed by atoms with Gasteiger partial charge in [-0.15, -0.1) is 0 Å². The summed E-state index contributed by atoms with van der Waals surface area (Å²) in [5.41, 5.74) is 2.37. The van der Waals surface area contributed by atoms with Crippen molar-refractivity contribution < 1.29 is 4.42 Å². The van der Waals surface area contributed by atoms with E-state index >= 15 is 0 Å². The second-order valence-corrected chi connectivity index (χ2v) is 5.70. The maximum atomic E-state index is 5.41. The minimum atomic E-state index is 0.744. The zero-order valence-electron chi connectivity index (χ0n) is 12.6. The number of rotatable bonds is 8. The molecule has 0 radical (unpaired) electrons. The number of nitrogens with one attached hydrogen (secondary N) is 1. The van der Waals surface area contributed by atoms with Crippen LogP contribution in [0.25, 0.3) is 0 Å². The monoisotopic (exact) mass is 285 g/mol. The molecule has 0 aromatic carbocycles. The lowest BCUT2D eigenvalue weighted by molar-refractivity contribution is 0.245. The molecule has 4 heteroatoms. The molecule has 1 aliphatic rings. The van der Waals surface area contributed by atoms with E-state index in [0.717, 1.165) is 43.7 Å². The van der Waals surface area contributed by atoms with E-state index in [2.05, 4.69) is 34.3 Å². The molecule has 1 fully saturated rings. The third kappa shape index (κ3) is 4.41. The third-order valence-electron chi connectivity index (χ3n) is 3.85. The van der Waals surface area contributed by atoms with Crippen molar-refractivity contribution in [3.8, 4) is 0 Å². The van der Waals surface area contributed by atoms with Gasteiger partial charge in [-0.3, -0.25) is 9.88 Å². The van der Waals surface area contributed by atoms with Gasteiger partial charge in [-0.1, -0.05) is 13.0 Å². The predicted molar refractivity (Wildman–Crippen MR) is 82.6 cm³/mol. The maximum Gasteiger partial charge on any atom is 0.117 e. The van der Waals surface area contributed by atoms with E-state index in [1.807, 2.05) is 18.3 Å². The van der Waals surface area contributed by atoms with Crippen LogP contribution < -0.4 is 5.32 Å². The fraction of sp³-hybridized carbons (Fsp3) is 0.471. The Kier molecular flexibility index (Phi) is 4.68. The van der Waals surface area contributed by atoms with Crippen molar-refractivity contribution in [1.29, 1.82) is 0 Å². The van der Waals surface area contributed by atoms with Gasteiger partial charge in [0.2, 0.25) is 0 Å². The summed E-state index contributed by atoms with van der Waals surface area (Å²) < 4.78 is 5.41. The van der Waals surface area contributed by atoms with Gasteiger partial charge in [0.1, 0.15) is 5.76 Å². The Hall–Kier alpha value is -1.65. The average molecular weight is 285 g/mol. The Bertz CT molecular complexity index is 532. The topological polar surface area (TPSA) is 41.3 Å². The second kappa shape index (κ2) is 6.87. The summed E-state index contributed by atoms with van der Waals surface area (Å²) in [7, 11) is 0. The summed E-state index contributed by atoms with van der Waals surface area (Å²) in [6.45, 7) is 5.76. The van der Waals surface area contributed by atoms with E-state index < -0.39 is 0 Å². The first-order valence-corrected chi connectivity index (χ1v) is 7.75. The maximum absolute atomic E-state index is 5.41. The summed E-state index contributed by atoms with van der Waals surface area (Å²) in [5, 5.41) is 3.51. The number of aromatic nitrogens is 1. The van der Waals surface area contributed by atoms with Crippen LogP contribution in [0.3, 0.4) is 0 Å². The van der Waals surface area contributed by atoms with E-state index in [0.29, 0.717) is 0 Å². The smallest absolute Gasteiger partial charge is 0.117 e. The lowest BCUT2D eigenvalue weighted by atomic mass is 10.2. The van der Waals surface area contributed by atoms with Crippen LogP contribution in [-0.2, 0) is 19.6 Å². The van der Waals surface area contributed by atoms with Crippen LogP contribution in [0.15, 0.2) is 41.1 Å². The summed E-state index contributed by atoms with van der Waals surface area (Å²) in [6.07, 6.45) is 6.36. The standard InChI is InChI=1S/C17H23N3O/c1-2-20(13-17-4-3-9-21-17)12-16-6-5-14(11-19-16)10-18-15-7-8-15/h3-6,9,11,15,18H,2,7-8,10,12-13H2,1H3. The fourth-order valence-corrected chi connectivity index (χ4v) is 2.33. The molecule has 3 rings (SSSR count). The fourth-order valence-electron chi connectivity index (χ4n) is 2.33.